The minimum absolute atomic E-state index is 0.0751. The second kappa shape index (κ2) is 71.6. The van der Waals surface area contributed by atoms with E-state index in [2.05, 4.69) is 113 Å². The van der Waals surface area contributed by atoms with Gasteiger partial charge in [-0.2, -0.15) is 0 Å². The molecule has 0 aliphatic rings. The molecule has 0 radical (unpaired) electrons. The molecule has 0 aromatic heterocycles. The molecular weight excluding hydrogens is 1280 g/mol. The molecule has 0 spiro atoms. The summed E-state index contributed by atoms with van der Waals surface area (Å²) in [6, 6.07) is 0. The number of allylic oxidation sites excluding steroid dienone is 14. The topological polar surface area (TPSA) is 237 Å². The van der Waals surface area contributed by atoms with E-state index in [4.69, 9.17) is 37.0 Å². The van der Waals surface area contributed by atoms with E-state index in [1.807, 2.05) is 0 Å². The molecule has 5 atom stereocenters. The molecule has 568 valence electrons. The minimum atomic E-state index is -4.98. The molecule has 0 aliphatic carbocycles. The van der Waals surface area contributed by atoms with Crippen molar-refractivity contribution in [3.63, 3.8) is 0 Å². The highest BCUT2D eigenvalue weighted by Gasteiger charge is 2.30. The van der Waals surface area contributed by atoms with Gasteiger partial charge >= 0.3 is 39.5 Å². The van der Waals surface area contributed by atoms with Crippen molar-refractivity contribution in [2.24, 2.45) is 0 Å². The summed E-state index contributed by atoms with van der Waals surface area (Å²) in [5.41, 5.74) is 0. The lowest BCUT2D eigenvalue weighted by Crippen LogP contribution is -2.30. The summed E-state index contributed by atoms with van der Waals surface area (Å²) in [5, 5.41) is 10.6. The van der Waals surface area contributed by atoms with Crippen LogP contribution in [0, 0.1) is 0 Å². The minimum Gasteiger partial charge on any atom is -0.462 e. The maximum atomic E-state index is 13.1. The fourth-order valence-electron chi connectivity index (χ4n) is 10.3. The van der Waals surface area contributed by atoms with Crippen LogP contribution in [-0.4, -0.2) is 96.7 Å². The number of aliphatic hydroxyl groups is 1. The first-order valence-corrected chi connectivity index (χ1v) is 41.9. The molecule has 0 aliphatic heterocycles. The third-order valence-corrected chi connectivity index (χ3v) is 18.3. The first-order chi connectivity index (χ1) is 47.7. The Labute approximate surface area is 595 Å². The zero-order valence-electron chi connectivity index (χ0n) is 62.0. The van der Waals surface area contributed by atoms with E-state index in [1.165, 1.54) is 96.3 Å². The first kappa shape index (κ1) is 94.2. The average Bonchev–Trinajstić information content (AvgIpc) is 1.04. The number of esters is 4. The molecule has 0 heterocycles. The Morgan fingerprint density at radius 3 is 0.847 bits per heavy atom. The predicted octanol–water partition coefficient (Wildman–Crippen LogP) is 22.2. The number of unbranched alkanes of at least 4 members (excludes halogenated alkanes) is 35. The standard InChI is InChI=1S/C79H140O17P2/c1-5-9-13-17-21-25-29-33-36-40-43-47-51-55-59-63-76(81)89-69-74(95-78(83)65-61-57-53-49-45-39-32-28-24-20-16-12-8-4)71-93-97(85,86)91-67-73(80)68-92-98(87,88)94-72-75(96-79(84)66-62-58-54-50-46-42-38-35-31-27-23-19-15-11-7-3)70-90-77(82)64-60-56-52-48-44-41-37-34-30-26-22-18-14-10-6-2/h22,25-29,31-38,73-75,80H,5-21,23-24,30,39-72H2,1-4H3,(H,85,86)(H,87,88)/b26-22-,29-25-,31-27-,32-28-,36-33-,37-34-,38-35-/t73-,74+,75+/m0/s1. The fraction of sp³-hybridized carbons (Fsp3) is 0.772. The molecule has 0 rings (SSSR count). The number of phosphoric acid groups is 2. The van der Waals surface area contributed by atoms with Crippen LogP contribution in [0.3, 0.4) is 0 Å². The zero-order valence-corrected chi connectivity index (χ0v) is 63.7. The molecule has 0 saturated carbocycles. The van der Waals surface area contributed by atoms with Crippen LogP contribution in [0.2, 0.25) is 0 Å². The summed E-state index contributed by atoms with van der Waals surface area (Å²) >= 11 is 0. The molecule has 0 aromatic carbocycles. The van der Waals surface area contributed by atoms with Gasteiger partial charge < -0.3 is 33.8 Å². The largest absolute Gasteiger partial charge is 0.472 e. The van der Waals surface area contributed by atoms with Gasteiger partial charge in [-0.1, -0.05) is 260 Å². The maximum Gasteiger partial charge on any atom is 0.472 e. The van der Waals surface area contributed by atoms with Crippen LogP contribution in [0.1, 0.15) is 336 Å². The number of aliphatic hydroxyl groups excluding tert-OH is 1. The van der Waals surface area contributed by atoms with Gasteiger partial charge in [0.05, 0.1) is 26.4 Å². The number of hydrogen-bond donors (Lipinski definition) is 3. The summed E-state index contributed by atoms with van der Waals surface area (Å²) < 4.78 is 68.5. The number of hydrogen-bond acceptors (Lipinski definition) is 15. The van der Waals surface area contributed by atoms with Crippen LogP contribution >= 0.6 is 15.6 Å². The van der Waals surface area contributed by atoms with Crippen molar-refractivity contribution in [3.05, 3.63) is 85.1 Å². The van der Waals surface area contributed by atoms with Gasteiger partial charge in [0.1, 0.15) is 19.3 Å². The molecule has 0 bridgehead atoms. The summed E-state index contributed by atoms with van der Waals surface area (Å²) in [7, 11) is -9.96. The summed E-state index contributed by atoms with van der Waals surface area (Å²) in [6.45, 7) is 4.76. The number of carbonyl (C=O) groups excluding carboxylic acids is 4. The first-order valence-electron chi connectivity index (χ1n) is 38.9. The molecule has 3 N–H and O–H groups in total. The van der Waals surface area contributed by atoms with Crippen LogP contribution in [0.15, 0.2) is 85.1 Å². The molecule has 19 heteroatoms. The quantitative estimate of drug-likeness (QED) is 0.0128. The van der Waals surface area contributed by atoms with E-state index < -0.39 is 97.5 Å². The van der Waals surface area contributed by atoms with Crippen LogP contribution in [0.4, 0.5) is 0 Å². The Kier molecular flexibility index (Phi) is 68.9. The highest BCUT2D eigenvalue weighted by atomic mass is 31.2. The van der Waals surface area contributed by atoms with Crippen molar-refractivity contribution in [1.29, 1.82) is 0 Å². The molecule has 0 saturated heterocycles. The molecule has 0 aromatic rings. The monoisotopic (exact) mass is 1420 g/mol. The summed E-state index contributed by atoms with van der Waals surface area (Å²) in [4.78, 5) is 72.9. The zero-order chi connectivity index (χ0) is 71.8. The van der Waals surface area contributed by atoms with Gasteiger partial charge in [0.15, 0.2) is 12.2 Å². The van der Waals surface area contributed by atoms with E-state index >= 15 is 0 Å². The van der Waals surface area contributed by atoms with E-state index in [1.54, 1.807) is 0 Å². The Bertz CT molecular complexity index is 2190. The van der Waals surface area contributed by atoms with Gasteiger partial charge in [0, 0.05) is 25.7 Å². The van der Waals surface area contributed by atoms with E-state index in [0.717, 1.165) is 161 Å². The SMILES string of the molecule is CCCCC/C=C\C/C=C\CCCCCCCC(=O)OC[C@H](COP(=O)(O)OC[C@@H](O)COP(=O)(O)OC[C@@H](COC(=O)CCCCCCC/C=C\C=C/CCCCCC)OC(=O)CCCCCCC/C=C\CCCCCC)OC(=O)CCCCCCC/C=C\C=C/CCCCCC. The number of carbonyl (C=O) groups is 4. The normalized spacial score (nSPS) is 14.4. The van der Waals surface area contributed by atoms with Gasteiger partial charge in [-0.3, -0.25) is 37.3 Å². The molecule has 98 heavy (non-hydrogen) atoms. The number of rotatable bonds is 73. The van der Waals surface area contributed by atoms with Gasteiger partial charge in [-0.05, 0) is 135 Å². The smallest absolute Gasteiger partial charge is 0.462 e. The predicted molar refractivity (Wildman–Crippen MR) is 399 cm³/mol. The van der Waals surface area contributed by atoms with Crippen molar-refractivity contribution in [1.82, 2.24) is 0 Å². The summed E-state index contributed by atoms with van der Waals surface area (Å²) in [5.74, 6) is -2.22. The third kappa shape index (κ3) is 70.7. The lowest BCUT2D eigenvalue weighted by molar-refractivity contribution is -0.161. The van der Waals surface area contributed by atoms with Gasteiger partial charge in [-0.15, -0.1) is 0 Å². The second-order valence-electron chi connectivity index (χ2n) is 26.0. The number of ether oxygens (including phenoxy) is 4. The second-order valence-corrected chi connectivity index (χ2v) is 28.9. The van der Waals surface area contributed by atoms with Crippen molar-refractivity contribution in [2.45, 2.75) is 354 Å². The molecular formula is C79H140O17P2. The molecule has 17 nitrogen and oxygen atoms in total. The molecule has 0 amide bonds. The highest BCUT2D eigenvalue weighted by molar-refractivity contribution is 7.47. The van der Waals surface area contributed by atoms with Crippen LogP contribution < -0.4 is 0 Å². The average molecular weight is 1420 g/mol. The van der Waals surface area contributed by atoms with Gasteiger partial charge in [-0.25, -0.2) is 9.13 Å². The highest BCUT2D eigenvalue weighted by Crippen LogP contribution is 2.45. The lowest BCUT2D eigenvalue weighted by atomic mass is 10.1. The van der Waals surface area contributed by atoms with E-state index in [-0.39, 0.29) is 25.7 Å². The van der Waals surface area contributed by atoms with Crippen molar-refractivity contribution in [3.8, 4) is 0 Å². The van der Waals surface area contributed by atoms with Gasteiger partial charge in [0.25, 0.3) is 0 Å². The van der Waals surface area contributed by atoms with E-state index in [9.17, 15) is 43.2 Å². The number of phosphoric ester groups is 2. The van der Waals surface area contributed by atoms with Crippen molar-refractivity contribution < 1.29 is 80.2 Å². The third-order valence-electron chi connectivity index (χ3n) is 16.4. The molecule has 2 unspecified atom stereocenters. The van der Waals surface area contributed by atoms with Crippen molar-refractivity contribution in [2.75, 3.05) is 39.6 Å². The molecule has 0 fully saturated rings. The van der Waals surface area contributed by atoms with Crippen LogP contribution in [0.5, 0.6) is 0 Å². The Hall–Kier alpha value is -3.76. The Morgan fingerprint density at radius 1 is 0.296 bits per heavy atom. The maximum absolute atomic E-state index is 13.1. The Morgan fingerprint density at radius 2 is 0.531 bits per heavy atom. The van der Waals surface area contributed by atoms with Crippen molar-refractivity contribution >= 4 is 39.5 Å². The van der Waals surface area contributed by atoms with E-state index in [0.29, 0.717) is 25.7 Å². The van der Waals surface area contributed by atoms with Crippen LogP contribution in [0.25, 0.3) is 0 Å². The van der Waals surface area contributed by atoms with Crippen LogP contribution in [-0.2, 0) is 65.4 Å². The fourth-order valence-corrected chi connectivity index (χ4v) is 11.9. The Balaban J connectivity index is 5.38. The lowest BCUT2D eigenvalue weighted by Gasteiger charge is -2.21. The van der Waals surface area contributed by atoms with Gasteiger partial charge in [0.2, 0.25) is 0 Å². The summed E-state index contributed by atoms with van der Waals surface area (Å²) in [6.07, 6.45) is 72.7.